The van der Waals surface area contributed by atoms with E-state index in [1.165, 1.54) is 11.1 Å². The summed E-state index contributed by atoms with van der Waals surface area (Å²) in [7, 11) is 0. The van der Waals surface area contributed by atoms with Crippen molar-refractivity contribution in [3.8, 4) is 0 Å². The normalized spacial score (nSPS) is 22.3. The summed E-state index contributed by atoms with van der Waals surface area (Å²) >= 11 is 6.29. The monoisotopic (exact) mass is 453 g/mol. The van der Waals surface area contributed by atoms with Gasteiger partial charge < -0.3 is 19.5 Å². The lowest BCUT2D eigenvalue weighted by atomic mass is 9.84. The molecule has 0 aromatic carbocycles. The molecule has 0 bridgehead atoms. The minimum atomic E-state index is -1.52. The Labute approximate surface area is 188 Å². The molecule has 0 radical (unpaired) electrons. The number of amides is 2. The summed E-state index contributed by atoms with van der Waals surface area (Å²) in [4.78, 5) is 32.6. The van der Waals surface area contributed by atoms with Gasteiger partial charge in [-0.25, -0.2) is 19.5 Å². The van der Waals surface area contributed by atoms with Crippen LogP contribution < -0.4 is 4.90 Å². The van der Waals surface area contributed by atoms with Crippen LogP contribution in [0.15, 0.2) is 12.3 Å². The van der Waals surface area contributed by atoms with E-state index in [0.29, 0.717) is 37.2 Å². The molecule has 2 aliphatic rings. The van der Waals surface area contributed by atoms with E-state index in [0.717, 1.165) is 0 Å². The van der Waals surface area contributed by atoms with Gasteiger partial charge in [-0.3, -0.25) is 0 Å². The Hall–Kier alpha value is -2.06. The van der Waals surface area contributed by atoms with E-state index >= 15 is 0 Å². The summed E-state index contributed by atoms with van der Waals surface area (Å²) in [6.07, 6.45) is 1.68. The Bertz CT molecular complexity index is 856. The molecule has 1 saturated heterocycles. The molecule has 0 spiro atoms. The van der Waals surface area contributed by atoms with Crippen LogP contribution in [0.4, 0.5) is 15.3 Å². The number of rotatable bonds is 1. The predicted molar refractivity (Wildman–Crippen MR) is 117 cm³/mol. The van der Waals surface area contributed by atoms with Crippen molar-refractivity contribution in [1.82, 2.24) is 9.88 Å². The number of aliphatic hydroxyl groups is 1. The molecule has 9 heteroatoms. The fraction of sp³-hybridized carbons (Fsp3) is 0.682. The third-order valence-electron chi connectivity index (χ3n) is 5.42. The Morgan fingerprint density at radius 3 is 2.19 bits per heavy atom. The van der Waals surface area contributed by atoms with E-state index in [2.05, 4.69) is 4.98 Å². The van der Waals surface area contributed by atoms with E-state index in [1.54, 1.807) is 31.7 Å². The zero-order valence-corrected chi connectivity index (χ0v) is 19.8. The highest BCUT2D eigenvalue weighted by atomic mass is 35.5. The second-order valence-electron chi connectivity index (χ2n) is 10.2. The molecule has 3 rings (SSSR count). The van der Waals surface area contributed by atoms with Crippen molar-refractivity contribution < 1.29 is 24.2 Å². The highest BCUT2D eigenvalue weighted by molar-refractivity contribution is 6.30. The molecule has 2 amide bonds. The van der Waals surface area contributed by atoms with Gasteiger partial charge in [-0.1, -0.05) is 11.6 Å². The molecule has 1 unspecified atom stereocenters. The second-order valence-corrected chi connectivity index (χ2v) is 10.6. The van der Waals surface area contributed by atoms with E-state index in [4.69, 9.17) is 21.1 Å². The van der Waals surface area contributed by atoms with Crippen LogP contribution in [-0.4, -0.2) is 57.2 Å². The van der Waals surface area contributed by atoms with Gasteiger partial charge in [-0.15, -0.1) is 0 Å². The lowest BCUT2D eigenvalue weighted by Crippen LogP contribution is -2.58. The van der Waals surface area contributed by atoms with Gasteiger partial charge in [0.15, 0.2) is 5.72 Å². The molecule has 1 aromatic heterocycles. The number of hydrogen-bond donors (Lipinski definition) is 1. The summed E-state index contributed by atoms with van der Waals surface area (Å²) in [5.74, 6) is -0.276. The summed E-state index contributed by atoms with van der Waals surface area (Å²) in [6, 6.07) is 1.67. The Balaban J connectivity index is 1.83. The number of fused-ring (bicyclic) bond motifs is 1. The molecular formula is C22H32ClN3O5. The number of aromatic nitrogens is 1. The predicted octanol–water partition coefficient (Wildman–Crippen LogP) is 4.37. The SMILES string of the molecule is CC(C)(C)OC(=O)N1CCC(C2(O)Cc3c(ccnc3Cl)N2C(=O)OC(C)(C)C)CC1. The number of hydrogen-bond acceptors (Lipinski definition) is 6. The third kappa shape index (κ3) is 5.06. The van der Waals surface area contributed by atoms with Crippen LogP contribution in [-0.2, 0) is 15.9 Å². The van der Waals surface area contributed by atoms with Crippen LogP contribution in [0.2, 0.25) is 5.15 Å². The molecule has 1 atom stereocenters. The van der Waals surface area contributed by atoms with Crippen LogP contribution in [0.25, 0.3) is 0 Å². The maximum absolute atomic E-state index is 13.1. The van der Waals surface area contributed by atoms with Crippen LogP contribution in [0.5, 0.6) is 0 Å². The number of halogens is 1. The minimum Gasteiger partial charge on any atom is -0.444 e. The first-order chi connectivity index (χ1) is 14.2. The van der Waals surface area contributed by atoms with Gasteiger partial charge in [0, 0.05) is 37.2 Å². The number of piperidine rings is 1. The van der Waals surface area contributed by atoms with Crippen molar-refractivity contribution in [3.05, 3.63) is 23.0 Å². The third-order valence-corrected chi connectivity index (χ3v) is 5.75. The zero-order chi connectivity index (χ0) is 23.2. The molecule has 0 saturated carbocycles. The molecule has 0 aliphatic carbocycles. The van der Waals surface area contributed by atoms with Gasteiger partial charge in [0.05, 0.1) is 5.69 Å². The Kier molecular flexibility index (Phi) is 6.19. The van der Waals surface area contributed by atoms with Crippen molar-refractivity contribution in [2.75, 3.05) is 18.0 Å². The molecular weight excluding hydrogens is 422 g/mol. The lowest BCUT2D eigenvalue weighted by molar-refractivity contribution is -0.0464. The number of carbonyl (C=O) groups excluding carboxylic acids is 2. The van der Waals surface area contributed by atoms with E-state index in [9.17, 15) is 14.7 Å². The van der Waals surface area contributed by atoms with E-state index in [1.807, 2.05) is 20.8 Å². The molecule has 31 heavy (non-hydrogen) atoms. The van der Waals surface area contributed by atoms with Crippen molar-refractivity contribution >= 4 is 29.5 Å². The largest absolute Gasteiger partial charge is 0.444 e. The fourth-order valence-electron chi connectivity index (χ4n) is 4.12. The van der Waals surface area contributed by atoms with Crippen LogP contribution in [0, 0.1) is 5.92 Å². The molecule has 1 fully saturated rings. The quantitative estimate of drug-likeness (QED) is 0.635. The summed E-state index contributed by atoms with van der Waals surface area (Å²) in [6.45, 7) is 11.7. The van der Waals surface area contributed by atoms with E-state index < -0.39 is 23.0 Å². The first-order valence-electron chi connectivity index (χ1n) is 10.6. The number of carbonyl (C=O) groups is 2. The highest BCUT2D eigenvalue weighted by Gasteiger charge is 2.53. The summed E-state index contributed by atoms with van der Waals surface area (Å²) in [5.41, 5.74) is -1.69. The number of nitrogens with zero attached hydrogens (tertiary/aromatic N) is 3. The van der Waals surface area contributed by atoms with Crippen LogP contribution in [0.1, 0.15) is 59.9 Å². The second kappa shape index (κ2) is 8.13. The Morgan fingerprint density at radius 1 is 1.10 bits per heavy atom. The Morgan fingerprint density at radius 2 is 1.65 bits per heavy atom. The summed E-state index contributed by atoms with van der Waals surface area (Å²) in [5, 5.41) is 12.1. The number of likely N-dealkylation sites (tertiary alicyclic amines) is 1. The molecule has 1 N–H and O–H groups in total. The molecule has 172 valence electrons. The zero-order valence-electron chi connectivity index (χ0n) is 19.1. The average Bonchev–Trinajstić information content (AvgIpc) is 2.94. The fourth-order valence-corrected chi connectivity index (χ4v) is 4.34. The van der Waals surface area contributed by atoms with Crippen molar-refractivity contribution in [2.24, 2.45) is 5.92 Å². The van der Waals surface area contributed by atoms with Gasteiger partial charge in [-0.2, -0.15) is 0 Å². The van der Waals surface area contributed by atoms with Gasteiger partial charge in [0.25, 0.3) is 0 Å². The number of ether oxygens (including phenoxy) is 2. The molecule has 2 aliphatic heterocycles. The maximum Gasteiger partial charge on any atom is 0.417 e. The maximum atomic E-state index is 13.1. The van der Waals surface area contributed by atoms with Gasteiger partial charge in [0.2, 0.25) is 0 Å². The molecule has 3 heterocycles. The first-order valence-corrected chi connectivity index (χ1v) is 11.0. The molecule has 1 aromatic rings. The highest BCUT2D eigenvalue weighted by Crippen LogP contribution is 2.47. The molecule has 8 nitrogen and oxygen atoms in total. The standard InChI is InChI=1S/C22H32ClN3O5/c1-20(2,3)30-18(27)25-11-8-14(9-12-25)22(29)13-15-16(7-10-24-17(15)23)26(22)19(28)31-21(4,5)6/h7,10,14,29H,8-9,11-13H2,1-6H3. The number of pyridine rings is 1. The van der Waals surface area contributed by atoms with Gasteiger partial charge in [0.1, 0.15) is 16.4 Å². The van der Waals surface area contributed by atoms with E-state index in [-0.39, 0.29) is 23.6 Å². The van der Waals surface area contributed by atoms with Crippen LogP contribution >= 0.6 is 11.6 Å². The van der Waals surface area contributed by atoms with Crippen molar-refractivity contribution in [3.63, 3.8) is 0 Å². The van der Waals surface area contributed by atoms with Crippen LogP contribution in [0.3, 0.4) is 0 Å². The summed E-state index contributed by atoms with van der Waals surface area (Å²) < 4.78 is 11.1. The smallest absolute Gasteiger partial charge is 0.417 e. The lowest BCUT2D eigenvalue weighted by Gasteiger charge is -2.44. The minimum absolute atomic E-state index is 0.158. The average molecular weight is 454 g/mol. The first kappa shape index (κ1) is 23.6. The van der Waals surface area contributed by atoms with Gasteiger partial charge in [-0.05, 0) is 60.5 Å². The van der Waals surface area contributed by atoms with Crippen molar-refractivity contribution in [1.29, 1.82) is 0 Å². The number of anilines is 1. The van der Waals surface area contributed by atoms with Gasteiger partial charge >= 0.3 is 12.2 Å². The topological polar surface area (TPSA) is 92.2 Å². The van der Waals surface area contributed by atoms with Crippen molar-refractivity contribution in [2.45, 2.75) is 77.7 Å².